The molecule has 1 amide bonds. The van der Waals surface area contributed by atoms with E-state index >= 15 is 0 Å². The smallest absolute Gasteiger partial charge is 0.248 e. The van der Waals surface area contributed by atoms with Crippen molar-refractivity contribution in [2.75, 3.05) is 0 Å². The summed E-state index contributed by atoms with van der Waals surface area (Å²) < 4.78 is 0. The van der Waals surface area contributed by atoms with Gasteiger partial charge in [-0.3, -0.25) is 4.79 Å². The molecule has 1 aliphatic carbocycles. The molecule has 1 aromatic carbocycles. The molecular weight excluding hydrogens is 306 g/mol. The summed E-state index contributed by atoms with van der Waals surface area (Å²) in [6.45, 7) is 0.807. The highest BCUT2D eigenvalue weighted by Gasteiger charge is 2.22. The van der Waals surface area contributed by atoms with Crippen LogP contribution < -0.4 is 11.1 Å². The van der Waals surface area contributed by atoms with Crippen molar-refractivity contribution in [1.82, 2.24) is 10.3 Å². The summed E-state index contributed by atoms with van der Waals surface area (Å²) in [6, 6.07) is 7.79. The van der Waals surface area contributed by atoms with Crippen LogP contribution in [0.15, 0.2) is 48.1 Å². The minimum Gasteiger partial charge on any atom is -0.366 e. The van der Waals surface area contributed by atoms with Crippen LogP contribution in [-0.2, 0) is 13.0 Å². The zero-order valence-electron chi connectivity index (χ0n) is 12.6. The molecule has 5 heteroatoms. The van der Waals surface area contributed by atoms with E-state index in [1.807, 2.05) is 12.1 Å². The molecule has 0 spiro atoms. The summed E-state index contributed by atoms with van der Waals surface area (Å²) in [5.74, 6) is -0.402. The Morgan fingerprint density at radius 2 is 2.09 bits per heavy atom. The van der Waals surface area contributed by atoms with Crippen molar-refractivity contribution in [2.24, 2.45) is 5.73 Å². The first-order chi connectivity index (χ1) is 11.2. The summed E-state index contributed by atoms with van der Waals surface area (Å²) in [7, 11) is 0. The largest absolute Gasteiger partial charge is 0.366 e. The molecule has 1 unspecified atom stereocenters. The third-order valence-corrected chi connectivity index (χ3v) is 5.56. The van der Waals surface area contributed by atoms with E-state index in [0.29, 0.717) is 11.6 Å². The van der Waals surface area contributed by atoms with Gasteiger partial charge in [-0.25, -0.2) is 4.98 Å². The first kappa shape index (κ1) is 14.4. The van der Waals surface area contributed by atoms with E-state index in [1.54, 1.807) is 23.5 Å². The van der Waals surface area contributed by atoms with Crippen LogP contribution in [0.25, 0.3) is 10.6 Å². The topological polar surface area (TPSA) is 68.0 Å². The lowest BCUT2D eigenvalue weighted by Gasteiger charge is -2.20. The monoisotopic (exact) mass is 323 g/mol. The van der Waals surface area contributed by atoms with Gasteiger partial charge in [0.15, 0.2) is 0 Å². The fourth-order valence-electron chi connectivity index (χ4n) is 2.94. The number of fused-ring (bicyclic) bond motifs is 1. The number of carbonyl (C=O) groups is 1. The number of hydrogen-bond acceptors (Lipinski definition) is 4. The fourth-order valence-corrected chi connectivity index (χ4v) is 4.04. The second-order valence-electron chi connectivity index (χ2n) is 5.83. The number of rotatable bonds is 3. The van der Waals surface area contributed by atoms with Crippen molar-refractivity contribution in [2.45, 2.75) is 25.4 Å². The molecule has 1 atom stereocenters. The number of aromatic nitrogens is 1. The predicted octanol–water partition coefficient (Wildman–Crippen LogP) is 2.81. The summed E-state index contributed by atoms with van der Waals surface area (Å²) in [5, 5.41) is 4.60. The Morgan fingerprint density at radius 1 is 1.30 bits per heavy atom. The number of allylic oxidation sites excluding steroid dienone is 2. The second-order valence-corrected chi connectivity index (χ2v) is 6.91. The lowest BCUT2D eigenvalue weighted by atomic mass is 9.96. The van der Waals surface area contributed by atoms with Crippen LogP contribution in [0.5, 0.6) is 0 Å². The van der Waals surface area contributed by atoms with Gasteiger partial charge in [0.25, 0.3) is 0 Å². The van der Waals surface area contributed by atoms with E-state index in [9.17, 15) is 4.79 Å². The van der Waals surface area contributed by atoms with Crippen molar-refractivity contribution in [3.05, 3.63) is 64.2 Å². The summed E-state index contributed by atoms with van der Waals surface area (Å²) in [5.41, 5.74) is 9.39. The summed E-state index contributed by atoms with van der Waals surface area (Å²) in [6.07, 6.45) is 8.59. The molecule has 4 rings (SSSR count). The van der Waals surface area contributed by atoms with Gasteiger partial charge in [0.1, 0.15) is 5.01 Å². The van der Waals surface area contributed by atoms with Crippen LogP contribution in [0.3, 0.4) is 0 Å². The molecule has 0 bridgehead atoms. The summed E-state index contributed by atoms with van der Waals surface area (Å²) in [4.78, 5) is 17.3. The molecule has 0 saturated carbocycles. The Bertz CT molecular complexity index is 792. The SMILES string of the molecule is NC(=O)c1ccc(-c2nc3c(s2)CCC(C2=CC=C2)NC3)cc1. The third-order valence-electron chi connectivity index (χ3n) is 4.35. The molecule has 0 radical (unpaired) electrons. The van der Waals surface area contributed by atoms with E-state index in [-0.39, 0.29) is 0 Å². The molecule has 1 aromatic heterocycles. The van der Waals surface area contributed by atoms with Gasteiger partial charge in [-0.2, -0.15) is 0 Å². The van der Waals surface area contributed by atoms with Gasteiger partial charge in [0.05, 0.1) is 5.69 Å². The fraction of sp³-hybridized carbons (Fsp3) is 0.222. The van der Waals surface area contributed by atoms with E-state index in [0.717, 1.165) is 35.7 Å². The Kier molecular flexibility index (Phi) is 3.59. The zero-order valence-corrected chi connectivity index (χ0v) is 13.4. The van der Waals surface area contributed by atoms with Crippen molar-refractivity contribution < 1.29 is 4.79 Å². The van der Waals surface area contributed by atoms with Crippen LogP contribution >= 0.6 is 11.3 Å². The van der Waals surface area contributed by atoms with Gasteiger partial charge in [-0.1, -0.05) is 30.4 Å². The van der Waals surface area contributed by atoms with Crippen molar-refractivity contribution in [1.29, 1.82) is 0 Å². The Labute approximate surface area is 138 Å². The van der Waals surface area contributed by atoms with Crippen LogP contribution in [0.4, 0.5) is 0 Å². The molecule has 0 saturated heterocycles. The van der Waals surface area contributed by atoms with Gasteiger partial charge >= 0.3 is 0 Å². The highest BCUT2D eigenvalue weighted by atomic mass is 32.1. The highest BCUT2D eigenvalue weighted by molar-refractivity contribution is 7.15. The molecule has 0 fully saturated rings. The number of benzene rings is 1. The first-order valence-electron chi connectivity index (χ1n) is 7.71. The van der Waals surface area contributed by atoms with E-state index < -0.39 is 5.91 Å². The maximum Gasteiger partial charge on any atom is 0.248 e. The van der Waals surface area contributed by atoms with Crippen molar-refractivity contribution in [3.8, 4) is 10.6 Å². The average molecular weight is 323 g/mol. The average Bonchev–Trinajstić information content (AvgIpc) is 2.82. The van der Waals surface area contributed by atoms with Crippen LogP contribution in [0.2, 0.25) is 0 Å². The maximum atomic E-state index is 11.2. The van der Waals surface area contributed by atoms with Gasteiger partial charge in [0, 0.05) is 28.6 Å². The van der Waals surface area contributed by atoms with Crippen LogP contribution in [-0.4, -0.2) is 16.9 Å². The summed E-state index contributed by atoms with van der Waals surface area (Å²) >= 11 is 1.75. The molecule has 116 valence electrons. The van der Waals surface area contributed by atoms with Gasteiger partial charge in [0.2, 0.25) is 5.91 Å². The molecule has 2 heterocycles. The van der Waals surface area contributed by atoms with Crippen molar-refractivity contribution in [3.63, 3.8) is 0 Å². The molecular formula is C18H17N3OS. The number of amides is 1. The third kappa shape index (κ3) is 2.73. The standard InChI is InChI=1S/C18H17N3OS/c19-17(22)12-4-6-13(7-5-12)18-21-15-10-20-14(11-2-1-3-11)8-9-16(15)23-18/h1-7,14,20H,8-10H2,(H2,19,22). The highest BCUT2D eigenvalue weighted by Crippen LogP contribution is 2.32. The number of thiazole rings is 1. The quantitative estimate of drug-likeness (QED) is 0.912. The van der Waals surface area contributed by atoms with Crippen LogP contribution in [0, 0.1) is 0 Å². The minimum absolute atomic E-state index is 0.402. The lowest BCUT2D eigenvalue weighted by Crippen LogP contribution is -2.29. The van der Waals surface area contributed by atoms with E-state index in [1.165, 1.54) is 10.5 Å². The van der Waals surface area contributed by atoms with Crippen LogP contribution in [0.1, 0.15) is 27.3 Å². The molecule has 2 aromatic rings. The first-order valence-corrected chi connectivity index (χ1v) is 8.53. The normalized spacial score (nSPS) is 19.5. The van der Waals surface area contributed by atoms with Gasteiger partial charge < -0.3 is 11.1 Å². The number of nitrogens with one attached hydrogen (secondary N) is 1. The maximum absolute atomic E-state index is 11.2. The van der Waals surface area contributed by atoms with E-state index in [2.05, 4.69) is 23.5 Å². The number of nitrogens with zero attached hydrogens (tertiary/aromatic N) is 1. The minimum atomic E-state index is -0.402. The molecule has 4 nitrogen and oxygen atoms in total. The molecule has 3 N–H and O–H groups in total. The molecule has 1 aliphatic heterocycles. The number of carbonyl (C=O) groups excluding carboxylic acids is 1. The Morgan fingerprint density at radius 3 is 2.74 bits per heavy atom. The lowest BCUT2D eigenvalue weighted by molar-refractivity contribution is 0.100. The zero-order chi connectivity index (χ0) is 15.8. The number of aryl methyl sites for hydroxylation is 1. The molecule has 23 heavy (non-hydrogen) atoms. The van der Waals surface area contributed by atoms with E-state index in [4.69, 9.17) is 10.7 Å². The molecule has 2 aliphatic rings. The van der Waals surface area contributed by atoms with Gasteiger partial charge in [-0.05, 0) is 30.5 Å². The number of primary amides is 1. The predicted molar refractivity (Wildman–Crippen MR) is 92.2 cm³/mol. The second kappa shape index (κ2) is 5.76. The van der Waals surface area contributed by atoms with Gasteiger partial charge in [-0.15, -0.1) is 11.3 Å². The van der Waals surface area contributed by atoms with Crippen molar-refractivity contribution >= 4 is 17.2 Å². The number of nitrogens with two attached hydrogens (primary N) is 1. The number of hydrogen-bond donors (Lipinski definition) is 2. The Hall–Kier alpha value is -2.24. The Balaban J connectivity index is 1.54.